The van der Waals surface area contributed by atoms with Crippen LogP contribution in [0.5, 0.6) is 0 Å². The Hall–Kier alpha value is -2.17. The van der Waals surface area contributed by atoms with E-state index < -0.39 is 0 Å². The topological polar surface area (TPSA) is 68.1 Å². The van der Waals surface area contributed by atoms with E-state index in [9.17, 15) is 10.1 Å². The Morgan fingerprint density at radius 3 is 2.85 bits per heavy atom. The fourth-order valence-electron chi connectivity index (χ4n) is 3.02. The van der Waals surface area contributed by atoms with Crippen LogP contribution in [0.15, 0.2) is 30.6 Å². The number of nitro groups is 1. The highest BCUT2D eigenvalue weighted by molar-refractivity contribution is 5.99. The number of nitrogens with zero attached hydrogens (tertiary/aromatic N) is 2. The van der Waals surface area contributed by atoms with Gasteiger partial charge in [0.15, 0.2) is 0 Å². The summed E-state index contributed by atoms with van der Waals surface area (Å²) < 4.78 is 0. The first kappa shape index (κ1) is 12.8. The average Bonchev–Trinajstić information content (AvgIpc) is 2.84. The maximum atomic E-state index is 11.1. The third-order valence-corrected chi connectivity index (χ3v) is 4.05. The molecule has 1 fully saturated rings. The molecule has 1 N–H and O–H groups in total. The van der Waals surface area contributed by atoms with Gasteiger partial charge in [0.1, 0.15) is 0 Å². The van der Waals surface area contributed by atoms with Gasteiger partial charge >= 0.3 is 0 Å². The van der Waals surface area contributed by atoms with E-state index >= 15 is 0 Å². The second kappa shape index (κ2) is 5.07. The Bertz CT molecular complexity index is 657. The van der Waals surface area contributed by atoms with E-state index in [1.165, 1.54) is 6.42 Å². The van der Waals surface area contributed by atoms with Crippen LogP contribution in [0.25, 0.3) is 10.8 Å². The van der Waals surface area contributed by atoms with Gasteiger partial charge in [-0.05, 0) is 37.3 Å². The summed E-state index contributed by atoms with van der Waals surface area (Å²) in [7, 11) is 0. The molecular formula is C15H17N3O2. The van der Waals surface area contributed by atoms with Gasteiger partial charge in [0.25, 0.3) is 5.69 Å². The molecule has 20 heavy (non-hydrogen) atoms. The number of hydrogen-bond acceptors (Lipinski definition) is 4. The molecule has 0 aliphatic heterocycles. The zero-order valence-corrected chi connectivity index (χ0v) is 11.4. The number of pyridine rings is 1. The molecule has 5 nitrogen and oxygen atoms in total. The first-order valence-corrected chi connectivity index (χ1v) is 6.93. The second-order valence-corrected chi connectivity index (χ2v) is 5.57. The summed E-state index contributed by atoms with van der Waals surface area (Å²) in [5.41, 5.74) is 1.07. The molecule has 2 atom stereocenters. The van der Waals surface area contributed by atoms with Crippen molar-refractivity contribution in [1.29, 1.82) is 0 Å². The fraction of sp³-hybridized carbons (Fsp3) is 0.400. The molecule has 0 radical (unpaired) electrons. The van der Waals surface area contributed by atoms with E-state index in [-0.39, 0.29) is 10.6 Å². The summed E-state index contributed by atoms with van der Waals surface area (Å²) in [6, 6.07) is 5.53. The number of aromatic nitrogens is 1. The van der Waals surface area contributed by atoms with Crippen molar-refractivity contribution in [2.75, 3.05) is 5.32 Å². The van der Waals surface area contributed by atoms with Gasteiger partial charge in [0, 0.05) is 35.6 Å². The first-order chi connectivity index (χ1) is 9.65. The predicted octanol–water partition coefficient (Wildman–Crippen LogP) is 3.74. The van der Waals surface area contributed by atoms with Gasteiger partial charge < -0.3 is 5.32 Å². The molecule has 1 heterocycles. The van der Waals surface area contributed by atoms with Gasteiger partial charge in [-0.3, -0.25) is 15.1 Å². The number of fused-ring (bicyclic) bond motifs is 1. The number of non-ortho nitro benzene ring substituents is 1. The lowest BCUT2D eigenvalue weighted by Crippen LogP contribution is -2.15. The highest BCUT2D eigenvalue weighted by Crippen LogP contribution is 2.33. The minimum Gasteiger partial charge on any atom is -0.382 e. The SMILES string of the molecule is CC1CCC(Nc2ccc([N+](=O)[O-])c3ccncc23)C1. The van der Waals surface area contributed by atoms with Crippen molar-refractivity contribution in [3.05, 3.63) is 40.7 Å². The molecule has 1 aliphatic rings. The van der Waals surface area contributed by atoms with E-state index in [0.29, 0.717) is 11.4 Å². The third-order valence-electron chi connectivity index (χ3n) is 4.05. The van der Waals surface area contributed by atoms with Crippen LogP contribution < -0.4 is 5.32 Å². The van der Waals surface area contributed by atoms with E-state index in [4.69, 9.17) is 0 Å². The highest BCUT2D eigenvalue weighted by Gasteiger charge is 2.22. The van der Waals surface area contributed by atoms with Crippen molar-refractivity contribution in [3.8, 4) is 0 Å². The molecule has 2 unspecified atom stereocenters. The van der Waals surface area contributed by atoms with Gasteiger partial charge in [0.2, 0.25) is 0 Å². The Balaban J connectivity index is 2.00. The third kappa shape index (κ3) is 2.31. The first-order valence-electron chi connectivity index (χ1n) is 6.93. The summed E-state index contributed by atoms with van der Waals surface area (Å²) in [5, 5.41) is 16.1. The van der Waals surface area contributed by atoms with Crippen LogP contribution in [-0.2, 0) is 0 Å². The molecule has 1 aromatic carbocycles. The Labute approximate surface area is 117 Å². The minimum absolute atomic E-state index is 0.132. The number of anilines is 1. The standard InChI is InChI=1S/C15H17N3O2/c1-10-2-3-11(8-10)17-14-4-5-15(18(19)20)12-6-7-16-9-13(12)14/h4-7,9-11,17H,2-3,8H2,1H3. The molecule has 2 aromatic rings. The van der Waals surface area contributed by atoms with Crippen LogP contribution in [0.2, 0.25) is 0 Å². The largest absolute Gasteiger partial charge is 0.382 e. The van der Waals surface area contributed by atoms with Gasteiger partial charge in [-0.25, -0.2) is 0 Å². The van der Waals surface area contributed by atoms with Crippen LogP contribution in [-0.4, -0.2) is 15.9 Å². The van der Waals surface area contributed by atoms with Crippen molar-refractivity contribution in [2.45, 2.75) is 32.2 Å². The normalized spacial score (nSPS) is 22.1. The molecule has 0 saturated heterocycles. The molecule has 0 amide bonds. The lowest BCUT2D eigenvalue weighted by atomic mass is 10.1. The van der Waals surface area contributed by atoms with E-state index in [0.717, 1.165) is 29.8 Å². The van der Waals surface area contributed by atoms with Crippen molar-refractivity contribution >= 4 is 22.1 Å². The zero-order chi connectivity index (χ0) is 14.1. The van der Waals surface area contributed by atoms with Gasteiger partial charge in [-0.15, -0.1) is 0 Å². The van der Waals surface area contributed by atoms with E-state index in [2.05, 4.69) is 17.2 Å². The monoisotopic (exact) mass is 271 g/mol. The maximum Gasteiger partial charge on any atom is 0.277 e. The lowest BCUT2D eigenvalue weighted by molar-refractivity contribution is -0.383. The number of nitrogens with one attached hydrogen (secondary N) is 1. The van der Waals surface area contributed by atoms with Gasteiger partial charge in [-0.1, -0.05) is 6.92 Å². The highest BCUT2D eigenvalue weighted by atomic mass is 16.6. The van der Waals surface area contributed by atoms with Crippen LogP contribution >= 0.6 is 0 Å². The summed E-state index contributed by atoms with van der Waals surface area (Å²) in [6.07, 6.45) is 6.83. The molecule has 0 bridgehead atoms. The molecular weight excluding hydrogens is 254 g/mol. The maximum absolute atomic E-state index is 11.1. The molecule has 104 valence electrons. The molecule has 0 spiro atoms. The van der Waals surface area contributed by atoms with Crippen LogP contribution in [0.1, 0.15) is 26.2 Å². The smallest absolute Gasteiger partial charge is 0.277 e. The molecule has 3 rings (SSSR count). The minimum atomic E-state index is -0.343. The average molecular weight is 271 g/mol. The summed E-state index contributed by atoms with van der Waals surface area (Å²) in [6.45, 7) is 2.26. The number of hydrogen-bond donors (Lipinski definition) is 1. The van der Waals surface area contributed by atoms with Crippen molar-refractivity contribution in [3.63, 3.8) is 0 Å². The molecule has 1 aliphatic carbocycles. The van der Waals surface area contributed by atoms with Crippen LogP contribution in [0, 0.1) is 16.0 Å². The quantitative estimate of drug-likeness (QED) is 0.682. The van der Waals surface area contributed by atoms with Crippen molar-refractivity contribution in [1.82, 2.24) is 4.98 Å². The number of benzene rings is 1. The Morgan fingerprint density at radius 2 is 2.15 bits per heavy atom. The molecule has 5 heteroatoms. The fourth-order valence-corrected chi connectivity index (χ4v) is 3.02. The Kier molecular flexibility index (Phi) is 3.26. The van der Waals surface area contributed by atoms with E-state index in [1.54, 1.807) is 30.6 Å². The van der Waals surface area contributed by atoms with Crippen molar-refractivity contribution in [2.24, 2.45) is 5.92 Å². The van der Waals surface area contributed by atoms with Gasteiger partial charge in [-0.2, -0.15) is 0 Å². The molecule has 1 saturated carbocycles. The summed E-state index contributed by atoms with van der Waals surface area (Å²) >= 11 is 0. The van der Waals surface area contributed by atoms with Crippen LogP contribution in [0.3, 0.4) is 0 Å². The Morgan fingerprint density at radius 1 is 1.30 bits per heavy atom. The van der Waals surface area contributed by atoms with Crippen LogP contribution in [0.4, 0.5) is 11.4 Å². The summed E-state index contributed by atoms with van der Waals surface area (Å²) in [4.78, 5) is 14.8. The van der Waals surface area contributed by atoms with E-state index in [1.807, 2.05) is 0 Å². The zero-order valence-electron chi connectivity index (χ0n) is 11.4. The second-order valence-electron chi connectivity index (χ2n) is 5.57. The lowest BCUT2D eigenvalue weighted by Gasteiger charge is -2.15. The van der Waals surface area contributed by atoms with Gasteiger partial charge in [0.05, 0.1) is 10.3 Å². The molecule has 1 aromatic heterocycles. The van der Waals surface area contributed by atoms with Crippen molar-refractivity contribution < 1.29 is 4.92 Å². The predicted molar refractivity (Wildman–Crippen MR) is 78.8 cm³/mol. The number of rotatable bonds is 3. The summed E-state index contributed by atoms with van der Waals surface area (Å²) in [5.74, 6) is 0.745. The number of nitro benzene ring substituents is 1.